The molecule has 1 aromatic carbocycles. The number of hydrogen-bond donors (Lipinski definition) is 1. The minimum absolute atomic E-state index is 0.400. The molecule has 3 heteroatoms. The fourth-order valence-corrected chi connectivity index (χ4v) is 2.19. The summed E-state index contributed by atoms with van der Waals surface area (Å²) in [5, 5.41) is 0.769. The molecule has 1 aromatic rings. The molecule has 0 spiro atoms. The summed E-state index contributed by atoms with van der Waals surface area (Å²) < 4.78 is 5.96. The molecule has 0 aliphatic carbocycles. The zero-order chi connectivity index (χ0) is 13.5. The third kappa shape index (κ3) is 4.18. The molecule has 0 saturated heterocycles. The molecule has 0 aliphatic heterocycles. The van der Waals surface area contributed by atoms with E-state index in [1.165, 1.54) is 5.56 Å². The summed E-state index contributed by atoms with van der Waals surface area (Å²) in [6.45, 7) is 7.85. The lowest BCUT2D eigenvalue weighted by molar-refractivity contribution is 0.302. The summed E-state index contributed by atoms with van der Waals surface area (Å²) >= 11 is 6.17. The van der Waals surface area contributed by atoms with E-state index >= 15 is 0 Å². The number of hydrogen-bond acceptors (Lipinski definition) is 2. The predicted octanol–water partition coefficient (Wildman–Crippen LogP) is 4.14. The highest BCUT2D eigenvalue weighted by Gasteiger charge is 2.14. The van der Waals surface area contributed by atoms with Crippen molar-refractivity contribution in [1.29, 1.82) is 0 Å². The molecule has 0 unspecified atom stereocenters. The summed E-state index contributed by atoms with van der Waals surface area (Å²) in [5.74, 6) is 1.39. The van der Waals surface area contributed by atoms with Crippen LogP contribution in [0.4, 0.5) is 0 Å². The zero-order valence-corrected chi connectivity index (χ0v) is 12.4. The van der Waals surface area contributed by atoms with Crippen LogP contribution in [0.5, 0.6) is 5.75 Å². The van der Waals surface area contributed by atoms with E-state index in [9.17, 15) is 0 Å². The smallest absolute Gasteiger partial charge is 0.126 e. The van der Waals surface area contributed by atoms with Gasteiger partial charge in [0.05, 0.1) is 6.61 Å². The van der Waals surface area contributed by atoms with Gasteiger partial charge in [0.25, 0.3) is 0 Å². The van der Waals surface area contributed by atoms with Gasteiger partial charge >= 0.3 is 0 Å². The molecule has 0 radical (unpaired) electrons. The van der Waals surface area contributed by atoms with Crippen molar-refractivity contribution in [2.45, 2.75) is 46.0 Å². The van der Waals surface area contributed by atoms with Crippen molar-refractivity contribution in [3.63, 3.8) is 0 Å². The zero-order valence-electron chi connectivity index (χ0n) is 11.6. The fourth-order valence-electron chi connectivity index (χ4n) is 1.94. The Balaban J connectivity index is 3.05. The first-order valence-electron chi connectivity index (χ1n) is 6.75. The Labute approximate surface area is 115 Å². The third-order valence-corrected chi connectivity index (χ3v) is 3.16. The second kappa shape index (κ2) is 7.65. The summed E-state index contributed by atoms with van der Waals surface area (Å²) in [6, 6.07) is 3.98. The number of unbranched alkanes of at least 4 members (excludes halogenated alkanes) is 1. The van der Waals surface area contributed by atoms with Gasteiger partial charge in [0, 0.05) is 5.02 Å². The van der Waals surface area contributed by atoms with Crippen LogP contribution in [0.25, 0.3) is 0 Å². The SMILES string of the molecule is CCCCOc1c(CCN)cc(Cl)cc1C(C)C. The first-order chi connectivity index (χ1) is 8.60. The highest BCUT2D eigenvalue weighted by atomic mass is 35.5. The van der Waals surface area contributed by atoms with E-state index in [0.29, 0.717) is 12.5 Å². The highest BCUT2D eigenvalue weighted by Crippen LogP contribution is 2.34. The lowest BCUT2D eigenvalue weighted by Gasteiger charge is -2.18. The van der Waals surface area contributed by atoms with Crippen LogP contribution in [-0.2, 0) is 6.42 Å². The molecular formula is C15H24ClNO. The molecule has 0 saturated carbocycles. The van der Waals surface area contributed by atoms with Gasteiger partial charge in [-0.1, -0.05) is 38.8 Å². The summed E-state index contributed by atoms with van der Waals surface area (Å²) in [4.78, 5) is 0. The molecule has 18 heavy (non-hydrogen) atoms. The lowest BCUT2D eigenvalue weighted by Crippen LogP contribution is -2.09. The van der Waals surface area contributed by atoms with E-state index in [1.807, 2.05) is 12.1 Å². The summed E-state index contributed by atoms with van der Waals surface area (Å²) in [7, 11) is 0. The van der Waals surface area contributed by atoms with E-state index < -0.39 is 0 Å². The van der Waals surface area contributed by atoms with Crippen molar-refractivity contribution in [2.24, 2.45) is 5.73 Å². The Kier molecular flexibility index (Phi) is 6.51. The van der Waals surface area contributed by atoms with Crippen molar-refractivity contribution in [3.05, 3.63) is 28.3 Å². The standard InChI is InChI=1S/C15H24ClNO/c1-4-5-8-18-15-12(6-7-17)9-13(16)10-14(15)11(2)3/h9-11H,4-8,17H2,1-3H3. The molecule has 1 rings (SSSR count). The monoisotopic (exact) mass is 269 g/mol. The van der Waals surface area contributed by atoms with E-state index in [-0.39, 0.29) is 0 Å². The van der Waals surface area contributed by atoms with Crippen molar-refractivity contribution >= 4 is 11.6 Å². The van der Waals surface area contributed by atoms with Crippen LogP contribution in [0.3, 0.4) is 0 Å². The third-order valence-electron chi connectivity index (χ3n) is 2.94. The summed E-state index contributed by atoms with van der Waals surface area (Å²) in [5.41, 5.74) is 7.97. The number of rotatable bonds is 7. The number of halogens is 1. The van der Waals surface area contributed by atoms with Crippen LogP contribution in [-0.4, -0.2) is 13.2 Å². The maximum Gasteiger partial charge on any atom is 0.126 e. The molecule has 0 fully saturated rings. The van der Waals surface area contributed by atoms with E-state index in [1.54, 1.807) is 0 Å². The van der Waals surface area contributed by atoms with Crippen molar-refractivity contribution < 1.29 is 4.74 Å². The largest absolute Gasteiger partial charge is 0.493 e. The van der Waals surface area contributed by atoms with Gasteiger partial charge in [-0.2, -0.15) is 0 Å². The van der Waals surface area contributed by atoms with Crippen LogP contribution >= 0.6 is 11.6 Å². The predicted molar refractivity (Wildman–Crippen MR) is 78.7 cm³/mol. The van der Waals surface area contributed by atoms with E-state index in [0.717, 1.165) is 42.2 Å². The van der Waals surface area contributed by atoms with Crippen LogP contribution in [0, 0.1) is 0 Å². The molecule has 2 nitrogen and oxygen atoms in total. The second-order valence-corrected chi connectivity index (χ2v) is 5.32. The molecule has 0 bridgehead atoms. The van der Waals surface area contributed by atoms with Gasteiger partial charge in [-0.05, 0) is 48.6 Å². The Hall–Kier alpha value is -0.730. The van der Waals surface area contributed by atoms with E-state index in [4.69, 9.17) is 22.1 Å². The quantitative estimate of drug-likeness (QED) is 0.755. The molecule has 0 aliphatic rings. The topological polar surface area (TPSA) is 35.2 Å². The molecule has 0 atom stereocenters. The molecule has 102 valence electrons. The first kappa shape index (κ1) is 15.3. The maximum atomic E-state index is 6.17. The van der Waals surface area contributed by atoms with Crippen LogP contribution in [0.1, 0.15) is 50.7 Å². The molecule has 0 heterocycles. The second-order valence-electron chi connectivity index (χ2n) is 4.88. The van der Waals surface area contributed by atoms with Gasteiger partial charge < -0.3 is 10.5 Å². The van der Waals surface area contributed by atoms with Gasteiger partial charge in [-0.3, -0.25) is 0 Å². The molecule has 0 amide bonds. The molecular weight excluding hydrogens is 246 g/mol. The normalized spacial score (nSPS) is 11.0. The fraction of sp³-hybridized carbons (Fsp3) is 0.600. The number of nitrogens with two attached hydrogens (primary N) is 1. The Bertz CT molecular complexity index is 377. The van der Waals surface area contributed by atoms with Crippen LogP contribution < -0.4 is 10.5 Å². The van der Waals surface area contributed by atoms with Crippen LogP contribution in [0.15, 0.2) is 12.1 Å². The average molecular weight is 270 g/mol. The number of ether oxygens (including phenoxy) is 1. The minimum Gasteiger partial charge on any atom is -0.493 e. The van der Waals surface area contributed by atoms with Crippen molar-refractivity contribution in [2.75, 3.05) is 13.2 Å². The van der Waals surface area contributed by atoms with Crippen LogP contribution in [0.2, 0.25) is 5.02 Å². The lowest BCUT2D eigenvalue weighted by atomic mass is 9.97. The van der Waals surface area contributed by atoms with Gasteiger partial charge in [0.1, 0.15) is 5.75 Å². The Morgan fingerprint density at radius 1 is 1.33 bits per heavy atom. The minimum atomic E-state index is 0.400. The summed E-state index contributed by atoms with van der Waals surface area (Å²) in [6.07, 6.45) is 3.01. The van der Waals surface area contributed by atoms with Gasteiger partial charge in [0.15, 0.2) is 0 Å². The van der Waals surface area contributed by atoms with Gasteiger partial charge in [-0.25, -0.2) is 0 Å². The van der Waals surface area contributed by atoms with Gasteiger partial charge in [0.2, 0.25) is 0 Å². The Morgan fingerprint density at radius 3 is 2.61 bits per heavy atom. The van der Waals surface area contributed by atoms with Crippen molar-refractivity contribution in [1.82, 2.24) is 0 Å². The molecule has 2 N–H and O–H groups in total. The average Bonchev–Trinajstić information content (AvgIpc) is 2.31. The molecule has 0 aromatic heterocycles. The Morgan fingerprint density at radius 2 is 2.06 bits per heavy atom. The first-order valence-corrected chi connectivity index (χ1v) is 7.13. The van der Waals surface area contributed by atoms with Crippen molar-refractivity contribution in [3.8, 4) is 5.75 Å². The van der Waals surface area contributed by atoms with E-state index in [2.05, 4.69) is 20.8 Å². The number of benzene rings is 1. The highest BCUT2D eigenvalue weighted by molar-refractivity contribution is 6.30. The maximum absolute atomic E-state index is 6.17. The van der Waals surface area contributed by atoms with Gasteiger partial charge in [-0.15, -0.1) is 0 Å².